The van der Waals surface area contributed by atoms with Crippen molar-refractivity contribution in [2.24, 2.45) is 0 Å². The van der Waals surface area contributed by atoms with Crippen molar-refractivity contribution in [1.29, 1.82) is 0 Å². The summed E-state index contributed by atoms with van der Waals surface area (Å²) in [5, 5.41) is 3.15. The molecule has 1 aromatic rings. The molecular formula is C13H19NO3S. The zero-order chi connectivity index (χ0) is 13.6. The summed E-state index contributed by atoms with van der Waals surface area (Å²) in [6, 6.07) is 6.43. The van der Waals surface area contributed by atoms with E-state index >= 15 is 0 Å². The molecule has 0 aliphatic carbocycles. The third-order valence-corrected chi connectivity index (χ3v) is 3.44. The van der Waals surface area contributed by atoms with Crippen LogP contribution in [0.4, 0.5) is 0 Å². The van der Waals surface area contributed by atoms with Gasteiger partial charge in [0.05, 0.1) is 4.90 Å². The Morgan fingerprint density at radius 1 is 1.39 bits per heavy atom. The average Bonchev–Trinajstić information content (AvgIpc) is 2.29. The highest BCUT2D eigenvalue weighted by Crippen LogP contribution is 2.16. The lowest BCUT2D eigenvalue weighted by molar-refractivity contribution is 0.219. The van der Waals surface area contributed by atoms with Gasteiger partial charge in [-0.1, -0.05) is 6.08 Å². The van der Waals surface area contributed by atoms with Gasteiger partial charge in [-0.15, -0.1) is 6.58 Å². The Kier molecular flexibility index (Phi) is 5.37. The van der Waals surface area contributed by atoms with Gasteiger partial charge in [-0.05, 0) is 31.2 Å². The minimum Gasteiger partial charge on any atom is -0.489 e. The first-order valence-electron chi connectivity index (χ1n) is 5.72. The molecule has 1 aromatic carbocycles. The van der Waals surface area contributed by atoms with Crippen molar-refractivity contribution in [1.82, 2.24) is 5.32 Å². The zero-order valence-electron chi connectivity index (χ0n) is 10.7. The van der Waals surface area contributed by atoms with Crippen molar-refractivity contribution in [3.05, 3.63) is 36.9 Å². The van der Waals surface area contributed by atoms with Crippen LogP contribution in [0.2, 0.25) is 0 Å². The minimum atomic E-state index is -3.14. The molecule has 4 nitrogen and oxygen atoms in total. The van der Waals surface area contributed by atoms with Gasteiger partial charge < -0.3 is 10.1 Å². The van der Waals surface area contributed by atoms with Crippen LogP contribution in [-0.4, -0.2) is 33.9 Å². The topological polar surface area (TPSA) is 55.4 Å². The Labute approximate surface area is 109 Å². The van der Waals surface area contributed by atoms with Gasteiger partial charge in [0.1, 0.15) is 11.9 Å². The highest BCUT2D eigenvalue weighted by atomic mass is 32.2. The monoisotopic (exact) mass is 269 g/mol. The molecule has 1 rings (SSSR count). The number of benzene rings is 1. The lowest BCUT2D eigenvalue weighted by atomic mass is 10.3. The van der Waals surface area contributed by atoms with Crippen LogP contribution in [0.25, 0.3) is 0 Å². The van der Waals surface area contributed by atoms with Gasteiger partial charge in [-0.2, -0.15) is 0 Å². The lowest BCUT2D eigenvalue weighted by Crippen LogP contribution is -2.28. The van der Waals surface area contributed by atoms with E-state index < -0.39 is 9.84 Å². The van der Waals surface area contributed by atoms with Crippen LogP contribution < -0.4 is 10.1 Å². The van der Waals surface area contributed by atoms with E-state index in [1.165, 1.54) is 6.26 Å². The Hall–Kier alpha value is -1.33. The average molecular weight is 269 g/mol. The summed E-state index contributed by atoms with van der Waals surface area (Å²) >= 11 is 0. The summed E-state index contributed by atoms with van der Waals surface area (Å²) in [4.78, 5) is 0.298. The van der Waals surface area contributed by atoms with E-state index in [9.17, 15) is 8.42 Å². The molecule has 5 heteroatoms. The molecule has 0 saturated carbocycles. The molecule has 0 radical (unpaired) electrons. The second kappa shape index (κ2) is 6.56. The predicted molar refractivity (Wildman–Crippen MR) is 72.7 cm³/mol. The Morgan fingerprint density at radius 3 is 2.50 bits per heavy atom. The Morgan fingerprint density at radius 2 is 2.00 bits per heavy atom. The molecule has 0 fully saturated rings. The number of nitrogens with one attached hydrogen (secondary N) is 1. The maximum atomic E-state index is 11.3. The van der Waals surface area contributed by atoms with E-state index in [0.717, 1.165) is 6.54 Å². The summed E-state index contributed by atoms with van der Waals surface area (Å²) in [6.45, 7) is 7.00. The van der Waals surface area contributed by atoms with Crippen molar-refractivity contribution >= 4 is 9.84 Å². The normalized spacial score (nSPS) is 13.0. The van der Waals surface area contributed by atoms with Crippen LogP contribution in [0.5, 0.6) is 5.75 Å². The maximum absolute atomic E-state index is 11.3. The first-order valence-corrected chi connectivity index (χ1v) is 7.61. The first-order chi connectivity index (χ1) is 8.43. The van der Waals surface area contributed by atoms with E-state index in [1.807, 2.05) is 6.92 Å². The summed E-state index contributed by atoms with van der Waals surface area (Å²) in [7, 11) is -3.14. The molecule has 0 saturated heterocycles. The maximum Gasteiger partial charge on any atom is 0.175 e. The smallest absolute Gasteiger partial charge is 0.175 e. The number of hydrogen-bond acceptors (Lipinski definition) is 4. The second-order valence-corrected chi connectivity index (χ2v) is 6.13. The van der Waals surface area contributed by atoms with Crippen LogP contribution in [0, 0.1) is 0 Å². The van der Waals surface area contributed by atoms with Crippen LogP contribution in [0.15, 0.2) is 41.8 Å². The van der Waals surface area contributed by atoms with Gasteiger partial charge in [0.25, 0.3) is 0 Å². The second-order valence-electron chi connectivity index (χ2n) is 4.12. The van der Waals surface area contributed by atoms with Crippen molar-refractivity contribution in [3.63, 3.8) is 0 Å². The van der Waals surface area contributed by atoms with E-state index in [1.54, 1.807) is 30.3 Å². The first kappa shape index (κ1) is 14.7. The molecule has 1 unspecified atom stereocenters. The van der Waals surface area contributed by atoms with E-state index in [0.29, 0.717) is 17.2 Å². The van der Waals surface area contributed by atoms with E-state index in [2.05, 4.69) is 11.9 Å². The summed E-state index contributed by atoms with van der Waals surface area (Å²) in [6.07, 6.45) is 2.98. The van der Waals surface area contributed by atoms with Crippen molar-refractivity contribution in [3.8, 4) is 5.75 Å². The molecule has 0 aromatic heterocycles. The number of sulfone groups is 1. The fourth-order valence-electron chi connectivity index (χ4n) is 1.43. The third-order valence-electron chi connectivity index (χ3n) is 2.31. The quantitative estimate of drug-likeness (QED) is 0.604. The largest absolute Gasteiger partial charge is 0.489 e. The van der Waals surface area contributed by atoms with Crippen molar-refractivity contribution in [2.45, 2.75) is 17.9 Å². The Bertz CT molecular complexity index is 479. The van der Waals surface area contributed by atoms with Gasteiger partial charge in [0, 0.05) is 19.3 Å². The zero-order valence-corrected chi connectivity index (χ0v) is 11.5. The van der Waals surface area contributed by atoms with Gasteiger partial charge in [-0.25, -0.2) is 8.42 Å². The van der Waals surface area contributed by atoms with E-state index in [4.69, 9.17) is 4.74 Å². The highest BCUT2D eigenvalue weighted by Gasteiger charge is 2.08. The summed E-state index contributed by atoms with van der Waals surface area (Å²) < 4.78 is 28.2. The fraction of sp³-hybridized carbons (Fsp3) is 0.385. The predicted octanol–water partition coefficient (Wildman–Crippen LogP) is 1.63. The van der Waals surface area contributed by atoms with Crippen LogP contribution in [0.1, 0.15) is 6.92 Å². The summed E-state index contributed by atoms with van der Waals surface area (Å²) in [5.41, 5.74) is 0. The number of rotatable bonds is 7. The van der Waals surface area contributed by atoms with Crippen molar-refractivity contribution < 1.29 is 13.2 Å². The summed E-state index contributed by atoms with van der Waals surface area (Å²) in [5.74, 6) is 0.662. The van der Waals surface area contributed by atoms with Crippen LogP contribution in [0.3, 0.4) is 0 Å². The molecule has 1 atom stereocenters. The highest BCUT2D eigenvalue weighted by molar-refractivity contribution is 7.90. The number of hydrogen-bond donors (Lipinski definition) is 1. The van der Waals surface area contributed by atoms with Gasteiger partial charge in [-0.3, -0.25) is 0 Å². The third kappa shape index (κ3) is 4.89. The van der Waals surface area contributed by atoms with Gasteiger partial charge in [0.2, 0.25) is 0 Å². The molecule has 100 valence electrons. The standard InChI is InChI=1S/C13H19NO3S/c1-4-9-14-10-11(2)17-12-5-7-13(8-6-12)18(3,15)16/h4-8,11,14H,1,9-10H2,2-3H3. The SMILES string of the molecule is C=CCNCC(C)Oc1ccc(S(C)(=O)=O)cc1. The van der Waals surface area contributed by atoms with Crippen LogP contribution >= 0.6 is 0 Å². The molecule has 0 aliphatic heterocycles. The fourth-order valence-corrected chi connectivity index (χ4v) is 2.06. The molecule has 0 aliphatic rings. The van der Waals surface area contributed by atoms with Gasteiger partial charge >= 0.3 is 0 Å². The molecule has 0 bridgehead atoms. The lowest BCUT2D eigenvalue weighted by Gasteiger charge is -2.15. The Balaban J connectivity index is 2.56. The number of ether oxygens (including phenoxy) is 1. The van der Waals surface area contributed by atoms with E-state index in [-0.39, 0.29) is 6.10 Å². The molecular weight excluding hydrogens is 250 g/mol. The molecule has 0 amide bonds. The minimum absolute atomic E-state index is 0.00836. The molecule has 0 heterocycles. The molecule has 0 spiro atoms. The van der Waals surface area contributed by atoms with Crippen molar-refractivity contribution in [2.75, 3.05) is 19.3 Å². The van der Waals surface area contributed by atoms with Crippen LogP contribution in [-0.2, 0) is 9.84 Å². The van der Waals surface area contributed by atoms with Gasteiger partial charge in [0.15, 0.2) is 9.84 Å². The molecule has 1 N–H and O–H groups in total. The molecule has 18 heavy (non-hydrogen) atoms.